The zero-order valence-corrected chi connectivity index (χ0v) is 12.4. The van der Waals surface area contributed by atoms with Crippen LogP contribution < -0.4 is 4.74 Å². The van der Waals surface area contributed by atoms with Crippen molar-refractivity contribution < 1.29 is 9.13 Å². The smallest absolute Gasteiger partial charge is 0.126 e. The van der Waals surface area contributed by atoms with Gasteiger partial charge in [0.1, 0.15) is 11.6 Å². The van der Waals surface area contributed by atoms with Crippen LogP contribution in [0.1, 0.15) is 37.7 Å². The molecular weight excluding hydrogens is 295 g/mol. The summed E-state index contributed by atoms with van der Waals surface area (Å²) in [5, 5.41) is 0.967. The maximum atomic E-state index is 13.2. The van der Waals surface area contributed by atoms with E-state index in [2.05, 4.69) is 15.9 Å². The van der Waals surface area contributed by atoms with Crippen molar-refractivity contribution >= 4 is 15.9 Å². The summed E-state index contributed by atoms with van der Waals surface area (Å²) in [7, 11) is 0. The van der Waals surface area contributed by atoms with Crippen molar-refractivity contribution in [1.29, 1.82) is 0 Å². The summed E-state index contributed by atoms with van der Waals surface area (Å²) >= 11 is 3.62. The molecule has 18 heavy (non-hydrogen) atoms. The summed E-state index contributed by atoms with van der Waals surface area (Å²) in [5.74, 6) is 0.452. The van der Waals surface area contributed by atoms with Crippen LogP contribution in [0.25, 0.3) is 0 Å². The summed E-state index contributed by atoms with van der Waals surface area (Å²) in [4.78, 5) is 0. The van der Waals surface area contributed by atoms with Crippen LogP contribution in [-0.2, 0) is 0 Å². The van der Waals surface area contributed by atoms with Gasteiger partial charge in [0.2, 0.25) is 0 Å². The zero-order chi connectivity index (χ0) is 13.0. The quantitative estimate of drug-likeness (QED) is 0.721. The highest BCUT2D eigenvalue weighted by Crippen LogP contribution is 2.38. The van der Waals surface area contributed by atoms with Gasteiger partial charge in [0.15, 0.2) is 0 Å². The number of hydrogen-bond acceptors (Lipinski definition) is 1. The van der Waals surface area contributed by atoms with E-state index in [1.807, 2.05) is 6.92 Å². The highest BCUT2D eigenvalue weighted by atomic mass is 79.9. The number of aryl methyl sites for hydroxylation is 1. The number of benzene rings is 1. The molecule has 0 saturated heterocycles. The molecule has 0 aliphatic heterocycles. The predicted molar refractivity (Wildman–Crippen MR) is 75.9 cm³/mol. The third-order valence-electron chi connectivity index (χ3n) is 3.88. The number of halogens is 2. The third-order valence-corrected chi connectivity index (χ3v) is 5.07. The molecule has 0 radical (unpaired) electrons. The molecule has 1 saturated carbocycles. The Balaban J connectivity index is 2.03. The highest BCUT2D eigenvalue weighted by molar-refractivity contribution is 9.09. The van der Waals surface area contributed by atoms with Crippen LogP contribution >= 0.6 is 15.9 Å². The van der Waals surface area contributed by atoms with E-state index in [9.17, 15) is 4.39 Å². The highest BCUT2D eigenvalue weighted by Gasteiger charge is 2.32. The average Bonchev–Trinajstić information content (AvgIpc) is 2.41. The SMILES string of the molecule is Cc1ccc(F)cc1OCC1(CBr)CCCCC1. The molecule has 1 aromatic rings. The third kappa shape index (κ3) is 3.25. The van der Waals surface area contributed by atoms with Crippen molar-refractivity contribution in [1.82, 2.24) is 0 Å². The fourth-order valence-corrected chi connectivity index (χ4v) is 3.30. The largest absolute Gasteiger partial charge is 0.493 e. The molecule has 1 aromatic carbocycles. The predicted octanol–water partition coefficient (Wildman–Crippen LogP) is 4.86. The molecule has 0 spiro atoms. The molecule has 0 amide bonds. The minimum atomic E-state index is -0.230. The van der Waals surface area contributed by atoms with Crippen LogP contribution in [0, 0.1) is 18.2 Å². The number of alkyl halides is 1. The Hall–Kier alpha value is -0.570. The lowest BCUT2D eigenvalue weighted by Gasteiger charge is -2.35. The number of hydrogen-bond donors (Lipinski definition) is 0. The van der Waals surface area contributed by atoms with Crippen LogP contribution in [0.3, 0.4) is 0 Å². The molecule has 2 rings (SSSR count). The molecule has 1 nitrogen and oxygen atoms in total. The van der Waals surface area contributed by atoms with E-state index in [0.717, 1.165) is 10.9 Å². The first kappa shape index (κ1) is 13.9. The van der Waals surface area contributed by atoms with E-state index in [4.69, 9.17) is 4.74 Å². The average molecular weight is 315 g/mol. The van der Waals surface area contributed by atoms with Crippen molar-refractivity contribution in [2.45, 2.75) is 39.0 Å². The summed E-state index contributed by atoms with van der Waals surface area (Å²) in [5.41, 5.74) is 1.23. The van der Waals surface area contributed by atoms with Crippen LogP contribution in [0.4, 0.5) is 4.39 Å². The Morgan fingerprint density at radius 3 is 2.67 bits per heavy atom. The maximum absolute atomic E-state index is 13.2. The first-order chi connectivity index (χ1) is 8.65. The van der Waals surface area contributed by atoms with Gasteiger partial charge in [0.05, 0.1) is 6.61 Å². The first-order valence-corrected chi connectivity index (χ1v) is 7.72. The molecule has 0 heterocycles. The second kappa shape index (κ2) is 6.05. The molecule has 0 unspecified atom stereocenters. The van der Waals surface area contributed by atoms with Gasteiger partial charge in [-0.1, -0.05) is 41.3 Å². The fourth-order valence-electron chi connectivity index (χ4n) is 2.58. The van der Waals surface area contributed by atoms with Gasteiger partial charge in [-0.15, -0.1) is 0 Å². The Bertz CT molecular complexity index is 399. The molecule has 0 atom stereocenters. The summed E-state index contributed by atoms with van der Waals surface area (Å²) < 4.78 is 19.1. The van der Waals surface area contributed by atoms with Crippen LogP contribution in [0.5, 0.6) is 5.75 Å². The fraction of sp³-hybridized carbons (Fsp3) is 0.600. The monoisotopic (exact) mass is 314 g/mol. The van der Waals surface area contributed by atoms with Crippen LogP contribution in [-0.4, -0.2) is 11.9 Å². The molecule has 0 bridgehead atoms. The molecular formula is C15H20BrFO. The van der Waals surface area contributed by atoms with Gasteiger partial charge in [-0.3, -0.25) is 0 Å². The minimum absolute atomic E-state index is 0.230. The standard InChI is InChI=1S/C15H20BrFO/c1-12-5-6-13(17)9-14(12)18-11-15(10-16)7-3-2-4-8-15/h5-6,9H,2-4,7-8,10-11H2,1H3. The maximum Gasteiger partial charge on any atom is 0.126 e. The second-order valence-electron chi connectivity index (χ2n) is 5.39. The molecule has 100 valence electrons. The molecule has 0 aromatic heterocycles. The normalized spacial score (nSPS) is 18.6. The minimum Gasteiger partial charge on any atom is -0.493 e. The lowest BCUT2D eigenvalue weighted by molar-refractivity contribution is 0.121. The molecule has 3 heteroatoms. The Morgan fingerprint density at radius 1 is 1.28 bits per heavy atom. The first-order valence-electron chi connectivity index (χ1n) is 6.60. The summed E-state index contributed by atoms with van der Waals surface area (Å²) in [6, 6.07) is 4.73. The van der Waals surface area contributed by atoms with Crippen molar-refractivity contribution in [3.05, 3.63) is 29.6 Å². The Kier molecular flexibility index (Phi) is 4.66. The van der Waals surface area contributed by atoms with Gasteiger partial charge in [-0.2, -0.15) is 0 Å². The molecule has 0 N–H and O–H groups in total. The zero-order valence-electron chi connectivity index (χ0n) is 10.8. The molecule has 1 fully saturated rings. The van der Waals surface area contributed by atoms with E-state index >= 15 is 0 Å². The lowest BCUT2D eigenvalue weighted by atomic mass is 9.76. The van der Waals surface area contributed by atoms with Gasteiger partial charge >= 0.3 is 0 Å². The summed E-state index contributed by atoms with van der Waals surface area (Å²) in [6.45, 7) is 2.64. The van der Waals surface area contributed by atoms with Gasteiger partial charge < -0.3 is 4.74 Å². The van der Waals surface area contributed by atoms with E-state index in [-0.39, 0.29) is 11.2 Å². The second-order valence-corrected chi connectivity index (χ2v) is 5.95. The van der Waals surface area contributed by atoms with E-state index in [1.165, 1.54) is 44.2 Å². The van der Waals surface area contributed by atoms with Crippen molar-refractivity contribution in [2.75, 3.05) is 11.9 Å². The molecule has 1 aliphatic carbocycles. The number of rotatable bonds is 4. The van der Waals surface area contributed by atoms with Gasteiger partial charge in [-0.05, 0) is 31.4 Å². The van der Waals surface area contributed by atoms with Gasteiger partial charge in [0.25, 0.3) is 0 Å². The van der Waals surface area contributed by atoms with E-state index < -0.39 is 0 Å². The van der Waals surface area contributed by atoms with Gasteiger partial charge in [-0.25, -0.2) is 4.39 Å². The van der Waals surface area contributed by atoms with Crippen LogP contribution in [0.2, 0.25) is 0 Å². The Morgan fingerprint density at radius 2 is 2.00 bits per heavy atom. The van der Waals surface area contributed by atoms with E-state index in [1.54, 1.807) is 6.07 Å². The van der Waals surface area contributed by atoms with E-state index in [0.29, 0.717) is 12.4 Å². The summed E-state index contributed by atoms with van der Waals surface area (Å²) in [6.07, 6.45) is 6.28. The van der Waals surface area contributed by atoms with Gasteiger partial charge in [0, 0.05) is 16.8 Å². The lowest BCUT2D eigenvalue weighted by Crippen LogP contribution is -2.32. The molecule has 1 aliphatic rings. The Labute approximate surface area is 117 Å². The number of ether oxygens (including phenoxy) is 1. The van der Waals surface area contributed by atoms with Crippen molar-refractivity contribution in [2.24, 2.45) is 5.41 Å². The van der Waals surface area contributed by atoms with Crippen LogP contribution in [0.15, 0.2) is 18.2 Å². The topological polar surface area (TPSA) is 9.23 Å². The van der Waals surface area contributed by atoms with Crippen molar-refractivity contribution in [3.8, 4) is 5.75 Å². The van der Waals surface area contributed by atoms with Crippen molar-refractivity contribution in [3.63, 3.8) is 0 Å².